The number of benzene rings is 7. The first-order valence-electron chi connectivity index (χ1n) is 25.8. The molecule has 0 fully saturated rings. The van der Waals surface area contributed by atoms with Gasteiger partial charge in [-0.05, 0) is 97.1 Å². The number of halogens is 2. The number of nitrogens with one attached hydrogen (secondary N) is 2. The number of fused-ring (bicyclic) bond motifs is 4. The van der Waals surface area contributed by atoms with E-state index in [9.17, 15) is 45.1 Å². The molecule has 440 valence electrons. The predicted molar refractivity (Wildman–Crippen MR) is 316 cm³/mol. The van der Waals surface area contributed by atoms with E-state index in [1.54, 1.807) is 98.3 Å². The summed E-state index contributed by atoms with van der Waals surface area (Å²) >= 11 is 0. The zero-order chi connectivity index (χ0) is 58.6. The molecule has 0 aliphatic carbocycles. The van der Waals surface area contributed by atoms with Crippen LogP contribution in [0.1, 0.15) is 101 Å². The molecule has 0 unspecified atom stereocenters. The Labute approximate surface area is 491 Å². The molecule has 0 saturated heterocycles. The highest BCUT2D eigenvalue weighted by molar-refractivity contribution is 7.85. The van der Waals surface area contributed by atoms with Gasteiger partial charge in [0.15, 0.2) is 23.0 Å². The molecule has 0 atom stereocenters. The van der Waals surface area contributed by atoms with Crippen molar-refractivity contribution in [3.8, 4) is 23.0 Å². The van der Waals surface area contributed by atoms with Crippen LogP contribution in [0.15, 0.2) is 176 Å². The first-order chi connectivity index (χ1) is 39.7. The van der Waals surface area contributed by atoms with Crippen LogP contribution in [-0.4, -0.2) is 65.2 Å². The zero-order valence-corrected chi connectivity index (χ0v) is 46.3. The van der Waals surface area contributed by atoms with Crippen molar-refractivity contribution in [3.05, 3.63) is 238 Å². The Hall–Kier alpha value is -9.51. The Morgan fingerprint density at radius 1 is 0.588 bits per heavy atom. The quantitative estimate of drug-likeness (QED) is 0.0817. The lowest BCUT2D eigenvalue weighted by molar-refractivity contribution is 0.0566. The van der Waals surface area contributed by atoms with Gasteiger partial charge in [-0.3, -0.25) is 19.6 Å². The van der Waals surface area contributed by atoms with Crippen molar-refractivity contribution in [1.82, 2.24) is 29.2 Å². The van der Waals surface area contributed by atoms with E-state index in [1.165, 1.54) is 46.5 Å². The van der Waals surface area contributed by atoms with Crippen LogP contribution < -0.4 is 22.5 Å². The smallest absolute Gasteiger partial charge is 0.424 e. The maximum atomic E-state index is 14.3. The summed E-state index contributed by atoms with van der Waals surface area (Å²) in [5.74, 6) is -2.27. The van der Waals surface area contributed by atoms with Crippen LogP contribution in [0.5, 0.6) is 23.0 Å². The molecule has 11 rings (SSSR count). The first-order valence-corrected chi connectivity index (χ1v) is 28.6. The van der Waals surface area contributed by atoms with Gasteiger partial charge in [-0.25, -0.2) is 13.6 Å². The Kier molecular flexibility index (Phi) is 18.5. The standard InChI is InChI=1S/C36H32FN3O7S.C25H20FN3O5S.2CH4/c1-36(2,3)46-35(42)39-48(43,44)47-32-27-15-10-20-38-30(27)33(45-31(24-11-6-4-7-12-24)25-13-8-5-9-14-25)29-28(32)22-40(34(29)41)21-23-16-18-26(37)19-17-23;26-18-10-8-17(9-11-18)14-29-15-20-21(25(29)31)23(30)22-19(7-4-12-27-22)24(20)34-35(32,33)28-13-16-5-2-1-3-6-16;;/h4-20,31H,21-22H2,1-3H3,(H,39,42);1-12,28,30H,13-15H2;2*1H4. The summed E-state index contributed by atoms with van der Waals surface area (Å²) in [6.07, 6.45) is 1.01. The van der Waals surface area contributed by atoms with E-state index >= 15 is 0 Å². The molecular weight excluding hydrogens is 1130 g/mol. The van der Waals surface area contributed by atoms with E-state index in [-0.39, 0.29) is 115 Å². The second-order valence-electron chi connectivity index (χ2n) is 20.2. The lowest BCUT2D eigenvalue weighted by Crippen LogP contribution is -2.38. The Balaban J connectivity index is 0.000000226. The Morgan fingerprint density at radius 3 is 1.54 bits per heavy atom. The summed E-state index contributed by atoms with van der Waals surface area (Å²) in [6, 6.07) is 45.6. The number of ether oxygens (including phenoxy) is 2. The van der Waals surface area contributed by atoms with Crippen molar-refractivity contribution in [3.63, 3.8) is 0 Å². The number of phenols is 1. The summed E-state index contributed by atoms with van der Waals surface area (Å²) in [6.45, 7) is 4.91. The highest BCUT2D eigenvalue weighted by Crippen LogP contribution is 2.48. The first kappa shape index (κ1) is 61.6. The molecule has 2 aromatic heterocycles. The van der Waals surface area contributed by atoms with E-state index in [1.807, 2.05) is 66.7 Å². The molecule has 4 heterocycles. The average molecular weight is 1200 g/mol. The number of hydrogen-bond donors (Lipinski definition) is 3. The van der Waals surface area contributed by atoms with Gasteiger partial charge in [-0.2, -0.15) is 26.3 Å². The van der Waals surface area contributed by atoms with Gasteiger partial charge in [0.05, 0.1) is 24.2 Å². The molecule has 85 heavy (non-hydrogen) atoms. The summed E-state index contributed by atoms with van der Waals surface area (Å²) < 4.78 is 106. The number of pyridine rings is 2. The summed E-state index contributed by atoms with van der Waals surface area (Å²) in [7, 11) is -9.09. The number of carbonyl (C=O) groups excluding carboxylic acids is 3. The maximum Gasteiger partial charge on any atom is 0.424 e. The number of hydrogen-bond acceptors (Lipinski definition) is 14. The van der Waals surface area contributed by atoms with Gasteiger partial charge < -0.3 is 32.7 Å². The average Bonchev–Trinajstić information content (AvgIpc) is 1.71. The van der Waals surface area contributed by atoms with Crippen molar-refractivity contribution in [1.29, 1.82) is 0 Å². The van der Waals surface area contributed by atoms with Gasteiger partial charge in [0.1, 0.15) is 34.4 Å². The Bertz CT molecular complexity index is 4110. The summed E-state index contributed by atoms with van der Waals surface area (Å²) in [4.78, 5) is 51.5. The fraction of sp³-hybridized carbons (Fsp3) is 0.190. The van der Waals surface area contributed by atoms with Gasteiger partial charge in [-0.1, -0.05) is 130 Å². The van der Waals surface area contributed by atoms with Crippen LogP contribution in [0.25, 0.3) is 21.8 Å². The van der Waals surface area contributed by atoms with Crippen LogP contribution in [0.4, 0.5) is 13.6 Å². The molecule has 3 amide bonds. The second kappa shape index (κ2) is 25.5. The molecule has 0 radical (unpaired) electrons. The highest BCUT2D eigenvalue weighted by Gasteiger charge is 2.40. The number of phenolic OH excluding ortho intramolecular Hbond substituents is 1. The van der Waals surface area contributed by atoms with Crippen LogP contribution in [0.2, 0.25) is 0 Å². The third kappa shape index (κ3) is 14.1. The molecular formula is C63H60F2N6O12S2. The van der Waals surface area contributed by atoms with E-state index in [0.717, 1.165) is 16.7 Å². The topological polar surface area (TPSA) is 233 Å². The third-order valence-corrected chi connectivity index (χ3v) is 14.8. The molecule has 7 aromatic carbocycles. The minimum atomic E-state index is -4.80. The van der Waals surface area contributed by atoms with E-state index in [4.69, 9.17) is 17.8 Å². The summed E-state index contributed by atoms with van der Waals surface area (Å²) in [5.41, 5.74) is 3.37. The molecule has 9 aromatic rings. The Morgan fingerprint density at radius 2 is 1.04 bits per heavy atom. The molecule has 2 aliphatic heterocycles. The van der Waals surface area contributed by atoms with E-state index in [0.29, 0.717) is 11.1 Å². The van der Waals surface area contributed by atoms with Gasteiger partial charge in [0.2, 0.25) is 0 Å². The number of amides is 3. The third-order valence-electron chi connectivity index (χ3n) is 13.2. The monoisotopic (exact) mass is 1190 g/mol. The SMILES string of the molecule is C.C.CC(C)(C)OC(=O)NS(=O)(=O)Oc1c2c(c(OC(c3ccccc3)c3ccccc3)c3ncccc13)C(=O)N(Cc1ccc(F)cc1)C2.O=C1c2c(c(OS(=O)(=O)NCc3ccccc3)c3cccnc3c2O)CN1Cc1ccc(F)cc1. The van der Waals surface area contributed by atoms with Crippen LogP contribution in [-0.2, 0) is 58.1 Å². The molecule has 2 aliphatic rings. The molecule has 0 saturated carbocycles. The van der Waals surface area contributed by atoms with Crippen molar-refractivity contribution >= 4 is 60.3 Å². The minimum absolute atomic E-state index is 0. The van der Waals surface area contributed by atoms with Crippen molar-refractivity contribution in [2.45, 2.75) is 80.1 Å². The van der Waals surface area contributed by atoms with Crippen LogP contribution in [0, 0.1) is 11.6 Å². The molecule has 0 spiro atoms. The molecule has 3 N–H and O–H groups in total. The molecule has 22 heteroatoms. The van der Waals surface area contributed by atoms with E-state index < -0.39 is 61.9 Å². The predicted octanol–water partition coefficient (Wildman–Crippen LogP) is 11.8. The second-order valence-corrected chi connectivity index (χ2v) is 22.9. The number of aromatic hydroxyl groups is 1. The number of aromatic nitrogens is 2. The van der Waals surface area contributed by atoms with Crippen molar-refractivity contribution in [2.24, 2.45) is 0 Å². The largest absolute Gasteiger partial charge is 0.505 e. The zero-order valence-electron chi connectivity index (χ0n) is 44.7. The fourth-order valence-electron chi connectivity index (χ4n) is 9.54. The summed E-state index contributed by atoms with van der Waals surface area (Å²) in [5, 5.41) is 11.3. The van der Waals surface area contributed by atoms with Crippen LogP contribution >= 0.6 is 0 Å². The lowest BCUT2D eigenvalue weighted by Gasteiger charge is -2.23. The highest BCUT2D eigenvalue weighted by atomic mass is 32.2. The number of carbonyl (C=O) groups is 3. The van der Waals surface area contributed by atoms with Gasteiger partial charge >= 0.3 is 26.7 Å². The lowest BCUT2D eigenvalue weighted by atomic mass is 9.99. The fourth-order valence-corrected chi connectivity index (χ4v) is 11.0. The minimum Gasteiger partial charge on any atom is -0.505 e. The maximum absolute atomic E-state index is 14.3. The van der Waals surface area contributed by atoms with Gasteiger partial charge in [-0.15, -0.1) is 0 Å². The van der Waals surface area contributed by atoms with Crippen LogP contribution in [0.3, 0.4) is 0 Å². The number of rotatable bonds is 16. The normalized spacial score (nSPS) is 12.8. The van der Waals surface area contributed by atoms with E-state index in [2.05, 4.69) is 14.7 Å². The van der Waals surface area contributed by atoms with Gasteiger partial charge in [0, 0.05) is 53.9 Å². The van der Waals surface area contributed by atoms with Crippen molar-refractivity contribution in [2.75, 3.05) is 0 Å². The molecule has 0 bridgehead atoms. The molecule has 18 nitrogen and oxygen atoms in total. The number of nitrogens with zero attached hydrogens (tertiary/aromatic N) is 4. The van der Waals surface area contributed by atoms with Gasteiger partial charge in [0.25, 0.3) is 11.8 Å². The van der Waals surface area contributed by atoms with Crippen molar-refractivity contribution < 1.29 is 62.9 Å².